The third-order valence-electron chi connectivity index (χ3n) is 2.05. The summed E-state index contributed by atoms with van der Waals surface area (Å²) >= 11 is 0. The number of hydrogen-bond donors (Lipinski definition) is 0. The predicted molar refractivity (Wildman–Crippen MR) is 49.7 cm³/mol. The first-order valence-electron chi connectivity index (χ1n) is 4.20. The van der Waals surface area contributed by atoms with Crippen LogP contribution in [0.4, 0.5) is 0 Å². The van der Waals surface area contributed by atoms with E-state index in [-0.39, 0.29) is 5.92 Å². The lowest BCUT2D eigenvalue weighted by molar-refractivity contribution is -0.108. The maximum Gasteiger partial charge on any atom is 0.136 e. The lowest BCUT2D eigenvalue weighted by atomic mass is 10.1. The molecule has 0 aromatic carbocycles. The molecule has 3 heteroatoms. The van der Waals surface area contributed by atoms with E-state index < -0.39 is 0 Å². The smallest absolute Gasteiger partial charge is 0.136 e. The van der Waals surface area contributed by atoms with Crippen LogP contribution in [0.15, 0.2) is 30.6 Å². The zero-order valence-electron chi connectivity index (χ0n) is 7.34. The van der Waals surface area contributed by atoms with Crippen molar-refractivity contribution in [1.29, 1.82) is 0 Å². The summed E-state index contributed by atoms with van der Waals surface area (Å²) < 4.78 is 1.91. The summed E-state index contributed by atoms with van der Waals surface area (Å²) in [5, 5.41) is 0. The van der Waals surface area contributed by atoms with Crippen LogP contribution in [0, 0.1) is 0 Å². The van der Waals surface area contributed by atoms with Gasteiger partial charge >= 0.3 is 0 Å². The van der Waals surface area contributed by atoms with Crippen molar-refractivity contribution in [2.75, 3.05) is 0 Å². The first-order chi connectivity index (χ1) is 6.31. The predicted octanol–water partition coefficient (Wildman–Crippen LogP) is 1.64. The molecule has 0 N–H and O–H groups in total. The first-order valence-corrected chi connectivity index (χ1v) is 4.20. The number of aldehydes is 1. The Balaban J connectivity index is 2.55. The summed E-state index contributed by atoms with van der Waals surface area (Å²) in [6.45, 7) is 1.84. The van der Waals surface area contributed by atoms with E-state index >= 15 is 0 Å². The summed E-state index contributed by atoms with van der Waals surface area (Å²) in [5.74, 6) is -0.125. The van der Waals surface area contributed by atoms with Crippen molar-refractivity contribution in [3.8, 4) is 0 Å². The Morgan fingerprint density at radius 3 is 3.08 bits per heavy atom. The van der Waals surface area contributed by atoms with Crippen LogP contribution in [0.2, 0.25) is 0 Å². The Hall–Kier alpha value is -1.64. The summed E-state index contributed by atoms with van der Waals surface area (Å²) in [4.78, 5) is 14.8. The topological polar surface area (TPSA) is 34.4 Å². The fourth-order valence-electron chi connectivity index (χ4n) is 1.24. The van der Waals surface area contributed by atoms with Crippen molar-refractivity contribution in [3.63, 3.8) is 0 Å². The number of aromatic nitrogens is 2. The third kappa shape index (κ3) is 1.33. The number of imidazole rings is 1. The Morgan fingerprint density at radius 2 is 2.38 bits per heavy atom. The first kappa shape index (κ1) is 7.98. The number of fused-ring (bicyclic) bond motifs is 1. The number of carbonyl (C=O) groups excluding carboxylic acids is 1. The van der Waals surface area contributed by atoms with E-state index in [1.165, 1.54) is 0 Å². The maximum absolute atomic E-state index is 10.5. The van der Waals surface area contributed by atoms with E-state index in [2.05, 4.69) is 4.98 Å². The number of rotatable bonds is 2. The highest BCUT2D eigenvalue weighted by Gasteiger charge is 2.07. The summed E-state index contributed by atoms with van der Waals surface area (Å²) in [5.41, 5.74) is 1.70. The Morgan fingerprint density at radius 1 is 1.54 bits per heavy atom. The summed E-state index contributed by atoms with van der Waals surface area (Å²) in [6, 6.07) is 5.78. The molecule has 0 bridgehead atoms. The van der Waals surface area contributed by atoms with Gasteiger partial charge < -0.3 is 9.20 Å². The van der Waals surface area contributed by atoms with Crippen LogP contribution in [-0.4, -0.2) is 15.7 Å². The molecule has 1 unspecified atom stereocenters. The maximum atomic E-state index is 10.5. The average Bonchev–Trinajstić information content (AvgIpc) is 2.59. The van der Waals surface area contributed by atoms with E-state index in [4.69, 9.17) is 0 Å². The molecule has 0 saturated heterocycles. The average molecular weight is 174 g/mol. The zero-order chi connectivity index (χ0) is 9.26. The van der Waals surface area contributed by atoms with Crippen LogP contribution in [-0.2, 0) is 4.79 Å². The molecular weight excluding hydrogens is 164 g/mol. The highest BCUT2D eigenvalue weighted by molar-refractivity contribution is 5.61. The van der Waals surface area contributed by atoms with Crippen molar-refractivity contribution >= 4 is 11.9 Å². The van der Waals surface area contributed by atoms with E-state index in [9.17, 15) is 4.79 Å². The van der Waals surface area contributed by atoms with Crippen LogP contribution < -0.4 is 0 Å². The standard InChI is InChI=1S/C10H10N2O/c1-8(7-13)9-6-12-5-3-2-4-10(12)11-9/h2-8H,1H3. The minimum atomic E-state index is -0.125. The molecule has 2 aromatic heterocycles. The lowest BCUT2D eigenvalue weighted by Crippen LogP contribution is -1.93. The van der Waals surface area contributed by atoms with Gasteiger partial charge in [0.05, 0.1) is 11.6 Å². The second-order valence-electron chi connectivity index (χ2n) is 3.06. The molecule has 1 atom stereocenters. The quantitative estimate of drug-likeness (QED) is 0.648. The van der Waals surface area contributed by atoms with Crippen molar-refractivity contribution < 1.29 is 4.79 Å². The lowest BCUT2D eigenvalue weighted by Gasteiger charge is -1.93. The van der Waals surface area contributed by atoms with Crippen LogP contribution in [0.3, 0.4) is 0 Å². The molecule has 0 spiro atoms. The molecule has 2 rings (SSSR count). The van der Waals surface area contributed by atoms with Gasteiger partial charge in [-0.2, -0.15) is 0 Å². The van der Waals surface area contributed by atoms with Gasteiger partial charge in [-0.3, -0.25) is 0 Å². The fraction of sp³-hybridized carbons (Fsp3) is 0.200. The van der Waals surface area contributed by atoms with Crippen LogP contribution in [0.25, 0.3) is 5.65 Å². The number of pyridine rings is 1. The van der Waals surface area contributed by atoms with Crippen LogP contribution >= 0.6 is 0 Å². The molecule has 0 aliphatic carbocycles. The third-order valence-corrected chi connectivity index (χ3v) is 2.05. The van der Waals surface area contributed by atoms with E-state index in [1.807, 2.05) is 41.9 Å². The van der Waals surface area contributed by atoms with Crippen LogP contribution in [0.1, 0.15) is 18.5 Å². The van der Waals surface area contributed by atoms with Gasteiger partial charge in [-0.05, 0) is 12.1 Å². The molecule has 0 saturated carbocycles. The SMILES string of the molecule is CC(C=O)c1cn2ccccc2n1. The van der Waals surface area contributed by atoms with Crippen molar-refractivity contribution in [2.24, 2.45) is 0 Å². The molecule has 0 aliphatic heterocycles. The molecule has 2 heterocycles. The molecule has 0 fully saturated rings. The number of carbonyl (C=O) groups is 1. The highest BCUT2D eigenvalue weighted by atomic mass is 16.1. The fourth-order valence-corrected chi connectivity index (χ4v) is 1.24. The number of nitrogens with zero attached hydrogens (tertiary/aromatic N) is 2. The van der Waals surface area contributed by atoms with Gasteiger partial charge in [0.1, 0.15) is 11.9 Å². The molecule has 0 radical (unpaired) electrons. The van der Waals surface area contributed by atoms with Gasteiger partial charge in [0.25, 0.3) is 0 Å². The minimum Gasteiger partial charge on any atom is -0.307 e. The van der Waals surface area contributed by atoms with Gasteiger partial charge in [0.15, 0.2) is 0 Å². The van der Waals surface area contributed by atoms with Gasteiger partial charge in [0.2, 0.25) is 0 Å². The molecule has 0 amide bonds. The normalized spacial score (nSPS) is 13.0. The van der Waals surface area contributed by atoms with Gasteiger partial charge in [0, 0.05) is 12.4 Å². The Bertz CT molecular complexity index is 400. The molecule has 2 aromatic rings. The molecule has 13 heavy (non-hydrogen) atoms. The number of hydrogen-bond acceptors (Lipinski definition) is 2. The summed E-state index contributed by atoms with van der Waals surface area (Å²) in [6.07, 6.45) is 4.71. The summed E-state index contributed by atoms with van der Waals surface area (Å²) in [7, 11) is 0. The van der Waals surface area contributed by atoms with Gasteiger partial charge in [-0.25, -0.2) is 4.98 Å². The van der Waals surface area contributed by atoms with Crippen LogP contribution in [0.5, 0.6) is 0 Å². The molecule has 0 aliphatic rings. The van der Waals surface area contributed by atoms with Gasteiger partial charge in [-0.1, -0.05) is 13.0 Å². The van der Waals surface area contributed by atoms with E-state index in [1.54, 1.807) is 0 Å². The largest absolute Gasteiger partial charge is 0.307 e. The van der Waals surface area contributed by atoms with Crippen molar-refractivity contribution in [2.45, 2.75) is 12.8 Å². The molecular formula is C10H10N2O. The van der Waals surface area contributed by atoms with E-state index in [0.29, 0.717) is 0 Å². The monoisotopic (exact) mass is 174 g/mol. The highest BCUT2D eigenvalue weighted by Crippen LogP contribution is 2.12. The second kappa shape index (κ2) is 3.01. The van der Waals surface area contributed by atoms with E-state index in [0.717, 1.165) is 17.6 Å². The molecule has 3 nitrogen and oxygen atoms in total. The second-order valence-corrected chi connectivity index (χ2v) is 3.06. The minimum absolute atomic E-state index is 0.125. The zero-order valence-corrected chi connectivity index (χ0v) is 7.34. The van der Waals surface area contributed by atoms with Crippen molar-refractivity contribution in [1.82, 2.24) is 9.38 Å². The van der Waals surface area contributed by atoms with Crippen molar-refractivity contribution in [3.05, 3.63) is 36.3 Å². The molecule has 66 valence electrons. The van der Waals surface area contributed by atoms with Gasteiger partial charge in [-0.15, -0.1) is 0 Å². The Kier molecular flexibility index (Phi) is 1.85. The Labute approximate surface area is 76.0 Å².